The number of rotatable bonds is 8. The third-order valence-corrected chi connectivity index (χ3v) is 5.95. The number of para-hydroxylation sites is 1. The van der Waals surface area contributed by atoms with Crippen LogP contribution in [0.5, 0.6) is 5.75 Å². The number of benzene rings is 4. The molecule has 4 aromatic carbocycles. The normalized spacial score (nSPS) is 10.7. The average molecular weight is 494 g/mol. The molecule has 0 aliphatic heterocycles. The Kier molecular flexibility index (Phi) is 7.10. The van der Waals surface area contributed by atoms with E-state index in [0.29, 0.717) is 29.5 Å². The standard InChI is InChI=1S/C30H24ClN3O2/c31-26-10-7-13-28(18-26)36-21-22-14-16-24(17-15-22)30(35)32-19-25-20-34(27-11-5-2-6-12-27)33-29(25)23-8-3-1-4-9-23/h1-18,20H,19,21H2,(H,32,35). The van der Waals surface area contributed by atoms with Gasteiger partial charge < -0.3 is 10.1 Å². The monoisotopic (exact) mass is 493 g/mol. The molecule has 6 heteroatoms. The van der Waals surface area contributed by atoms with E-state index in [0.717, 1.165) is 28.1 Å². The number of hydrogen-bond donors (Lipinski definition) is 1. The van der Waals surface area contributed by atoms with Crippen LogP contribution in [-0.4, -0.2) is 15.7 Å². The van der Waals surface area contributed by atoms with Gasteiger partial charge in [0.15, 0.2) is 0 Å². The molecular weight excluding hydrogens is 470 g/mol. The maximum absolute atomic E-state index is 12.9. The molecule has 36 heavy (non-hydrogen) atoms. The van der Waals surface area contributed by atoms with Gasteiger partial charge in [0.2, 0.25) is 0 Å². The van der Waals surface area contributed by atoms with Crippen LogP contribution in [0.4, 0.5) is 0 Å². The Hall–Kier alpha value is -4.35. The van der Waals surface area contributed by atoms with Crippen molar-refractivity contribution in [3.05, 3.63) is 137 Å². The molecule has 0 bridgehead atoms. The van der Waals surface area contributed by atoms with Crippen molar-refractivity contribution in [1.82, 2.24) is 15.1 Å². The molecular formula is C30H24ClN3O2. The van der Waals surface area contributed by atoms with E-state index in [2.05, 4.69) is 5.32 Å². The van der Waals surface area contributed by atoms with Gasteiger partial charge in [-0.3, -0.25) is 4.79 Å². The molecule has 0 saturated heterocycles. The summed E-state index contributed by atoms with van der Waals surface area (Å²) in [5, 5.41) is 8.47. The predicted octanol–water partition coefficient (Wildman–Crippen LogP) is 6.70. The van der Waals surface area contributed by atoms with E-state index >= 15 is 0 Å². The first kappa shape index (κ1) is 23.4. The molecule has 0 atom stereocenters. The van der Waals surface area contributed by atoms with Gasteiger partial charge in [-0.2, -0.15) is 5.10 Å². The van der Waals surface area contributed by atoms with Gasteiger partial charge in [-0.25, -0.2) is 4.68 Å². The topological polar surface area (TPSA) is 56.2 Å². The second-order valence-corrected chi connectivity index (χ2v) is 8.71. The van der Waals surface area contributed by atoms with Gasteiger partial charge in [0.25, 0.3) is 5.91 Å². The van der Waals surface area contributed by atoms with Crippen molar-refractivity contribution in [3.63, 3.8) is 0 Å². The second-order valence-electron chi connectivity index (χ2n) is 8.27. The highest BCUT2D eigenvalue weighted by Gasteiger charge is 2.14. The first-order valence-electron chi connectivity index (χ1n) is 11.6. The minimum Gasteiger partial charge on any atom is -0.489 e. The van der Waals surface area contributed by atoms with Gasteiger partial charge in [0.05, 0.1) is 11.4 Å². The average Bonchev–Trinajstić information content (AvgIpc) is 3.36. The van der Waals surface area contributed by atoms with Crippen molar-refractivity contribution >= 4 is 17.5 Å². The van der Waals surface area contributed by atoms with Gasteiger partial charge in [-0.15, -0.1) is 0 Å². The van der Waals surface area contributed by atoms with E-state index < -0.39 is 0 Å². The van der Waals surface area contributed by atoms with E-state index in [1.54, 1.807) is 24.3 Å². The minimum absolute atomic E-state index is 0.149. The number of amides is 1. The molecule has 1 aromatic heterocycles. The zero-order valence-electron chi connectivity index (χ0n) is 19.5. The van der Waals surface area contributed by atoms with Gasteiger partial charge in [0.1, 0.15) is 12.4 Å². The third kappa shape index (κ3) is 5.65. The van der Waals surface area contributed by atoms with Crippen LogP contribution in [0.2, 0.25) is 5.02 Å². The summed E-state index contributed by atoms with van der Waals surface area (Å²) in [5.41, 5.74) is 5.28. The van der Waals surface area contributed by atoms with E-state index in [-0.39, 0.29) is 5.91 Å². The first-order chi connectivity index (χ1) is 17.7. The molecule has 5 rings (SSSR count). The van der Waals surface area contributed by atoms with Crippen LogP contribution in [0.25, 0.3) is 16.9 Å². The number of hydrogen-bond acceptors (Lipinski definition) is 3. The number of carbonyl (C=O) groups excluding carboxylic acids is 1. The predicted molar refractivity (Wildman–Crippen MR) is 142 cm³/mol. The van der Waals surface area contributed by atoms with Crippen LogP contribution in [0.1, 0.15) is 21.5 Å². The number of carbonyl (C=O) groups is 1. The lowest BCUT2D eigenvalue weighted by atomic mass is 10.1. The van der Waals surface area contributed by atoms with E-state index in [1.165, 1.54) is 0 Å². The Morgan fingerprint density at radius 2 is 1.58 bits per heavy atom. The summed E-state index contributed by atoms with van der Waals surface area (Å²) in [7, 11) is 0. The van der Waals surface area contributed by atoms with Crippen LogP contribution >= 0.6 is 11.6 Å². The lowest BCUT2D eigenvalue weighted by molar-refractivity contribution is 0.0951. The van der Waals surface area contributed by atoms with Gasteiger partial charge in [-0.1, -0.05) is 78.3 Å². The first-order valence-corrected chi connectivity index (χ1v) is 12.0. The Bertz CT molecular complexity index is 1450. The van der Waals surface area contributed by atoms with Crippen LogP contribution < -0.4 is 10.1 Å². The molecule has 0 fully saturated rings. The Labute approximate surface area is 214 Å². The lowest BCUT2D eigenvalue weighted by Gasteiger charge is -2.08. The van der Waals surface area contributed by atoms with Crippen LogP contribution in [-0.2, 0) is 13.2 Å². The molecule has 5 nitrogen and oxygen atoms in total. The van der Waals surface area contributed by atoms with Crippen LogP contribution in [0.15, 0.2) is 115 Å². The van der Waals surface area contributed by atoms with E-state index in [1.807, 2.05) is 95.8 Å². The Morgan fingerprint density at radius 3 is 2.31 bits per heavy atom. The second kappa shape index (κ2) is 10.9. The maximum Gasteiger partial charge on any atom is 0.251 e. The molecule has 0 aliphatic rings. The quantitative estimate of drug-likeness (QED) is 0.261. The molecule has 0 aliphatic carbocycles. The van der Waals surface area contributed by atoms with Crippen molar-refractivity contribution < 1.29 is 9.53 Å². The molecule has 1 amide bonds. The molecule has 1 heterocycles. The summed E-state index contributed by atoms with van der Waals surface area (Å²) in [5.74, 6) is 0.554. The van der Waals surface area contributed by atoms with E-state index in [4.69, 9.17) is 21.4 Å². The van der Waals surface area contributed by atoms with Crippen molar-refractivity contribution in [3.8, 4) is 22.7 Å². The third-order valence-electron chi connectivity index (χ3n) is 5.72. The zero-order valence-corrected chi connectivity index (χ0v) is 20.2. The molecule has 0 spiro atoms. The fourth-order valence-corrected chi connectivity index (χ4v) is 4.02. The number of halogens is 1. The molecule has 5 aromatic rings. The van der Waals surface area contributed by atoms with Crippen LogP contribution in [0, 0.1) is 0 Å². The molecule has 0 saturated carbocycles. The fourth-order valence-electron chi connectivity index (χ4n) is 3.84. The summed E-state index contributed by atoms with van der Waals surface area (Å²) < 4.78 is 7.62. The van der Waals surface area contributed by atoms with Crippen molar-refractivity contribution in [2.75, 3.05) is 0 Å². The number of aromatic nitrogens is 2. The molecule has 1 N–H and O–H groups in total. The highest BCUT2D eigenvalue weighted by molar-refractivity contribution is 6.30. The molecule has 0 unspecified atom stereocenters. The SMILES string of the molecule is O=C(NCc1cn(-c2ccccc2)nc1-c1ccccc1)c1ccc(COc2cccc(Cl)c2)cc1. The van der Waals surface area contributed by atoms with Gasteiger partial charge in [0, 0.05) is 34.5 Å². The summed E-state index contributed by atoms with van der Waals surface area (Å²) in [6, 6.07) is 34.6. The highest BCUT2D eigenvalue weighted by Crippen LogP contribution is 2.24. The highest BCUT2D eigenvalue weighted by atomic mass is 35.5. The van der Waals surface area contributed by atoms with E-state index in [9.17, 15) is 4.79 Å². The number of ether oxygens (including phenoxy) is 1. The number of nitrogens with one attached hydrogen (secondary N) is 1. The van der Waals surface area contributed by atoms with Crippen molar-refractivity contribution in [2.45, 2.75) is 13.2 Å². The smallest absolute Gasteiger partial charge is 0.251 e. The van der Waals surface area contributed by atoms with Crippen LogP contribution in [0.3, 0.4) is 0 Å². The summed E-state index contributed by atoms with van der Waals surface area (Å²) in [6.07, 6.45) is 1.97. The lowest BCUT2D eigenvalue weighted by Crippen LogP contribution is -2.22. The zero-order chi connectivity index (χ0) is 24.7. The summed E-state index contributed by atoms with van der Waals surface area (Å²) >= 11 is 6.00. The Balaban J connectivity index is 1.27. The Morgan fingerprint density at radius 1 is 0.861 bits per heavy atom. The van der Waals surface area contributed by atoms with Crippen molar-refractivity contribution in [1.29, 1.82) is 0 Å². The minimum atomic E-state index is -0.149. The molecule has 0 radical (unpaired) electrons. The summed E-state index contributed by atoms with van der Waals surface area (Å²) in [6.45, 7) is 0.747. The van der Waals surface area contributed by atoms with Gasteiger partial charge >= 0.3 is 0 Å². The maximum atomic E-state index is 12.9. The van der Waals surface area contributed by atoms with Crippen molar-refractivity contribution in [2.24, 2.45) is 0 Å². The van der Waals surface area contributed by atoms with Gasteiger partial charge in [-0.05, 0) is 48.0 Å². The molecule has 178 valence electrons. The summed E-state index contributed by atoms with van der Waals surface area (Å²) in [4.78, 5) is 12.9. The number of nitrogens with zero attached hydrogens (tertiary/aromatic N) is 2. The fraction of sp³-hybridized carbons (Fsp3) is 0.0667. The largest absolute Gasteiger partial charge is 0.489 e.